The van der Waals surface area contributed by atoms with Crippen LogP contribution in [0.25, 0.3) is 0 Å². The van der Waals surface area contributed by atoms with E-state index in [4.69, 9.17) is 9.47 Å². The van der Waals surface area contributed by atoms with Crippen LogP contribution in [0.15, 0.2) is 0 Å². The summed E-state index contributed by atoms with van der Waals surface area (Å²) >= 11 is 0. The Hall–Kier alpha value is -0.610. The van der Waals surface area contributed by atoms with Gasteiger partial charge in [-0.15, -0.1) is 0 Å². The van der Waals surface area contributed by atoms with Crippen LogP contribution in [0, 0.1) is 5.92 Å². The van der Waals surface area contributed by atoms with Gasteiger partial charge in [0.15, 0.2) is 0 Å². The number of amides is 1. The summed E-state index contributed by atoms with van der Waals surface area (Å²) in [4.78, 5) is 14.1. The van der Waals surface area contributed by atoms with Crippen LogP contribution in [0.5, 0.6) is 0 Å². The Kier molecular flexibility index (Phi) is 2.98. The lowest BCUT2D eigenvalue weighted by atomic mass is 9.94. The second kappa shape index (κ2) is 4.10. The summed E-state index contributed by atoms with van der Waals surface area (Å²) in [5, 5.41) is 0. The van der Waals surface area contributed by atoms with Crippen molar-refractivity contribution in [2.75, 3.05) is 33.0 Å². The summed E-state index contributed by atoms with van der Waals surface area (Å²) < 4.78 is 10.9. The van der Waals surface area contributed by atoms with Crippen LogP contribution in [0.3, 0.4) is 0 Å². The average Bonchev–Trinajstić information content (AvgIpc) is 2.67. The number of carbonyl (C=O) groups is 1. The second-order valence-corrected chi connectivity index (χ2v) is 4.72. The maximum Gasteiger partial charge on any atom is 0.225 e. The van der Waals surface area contributed by atoms with Crippen LogP contribution >= 0.6 is 0 Å². The Morgan fingerprint density at radius 2 is 1.93 bits per heavy atom. The minimum atomic E-state index is -0.167. The maximum atomic E-state index is 12.1. The van der Waals surface area contributed by atoms with E-state index < -0.39 is 0 Å². The van der Waals surface area contributed by atoms with Crippen molar-refractivity contribution >= 4 is 5.91 Å². The molecule has 0 aliphatic carbocycles. The molecule has 2 saturated heterocycles. The molecule has 1 atom stereocenters. The summed E-state index contributed by atoms with van der Waals surface area (Å²) in [7, 11) is 0. The highest BCUT2D eigenvalue weighted by Gasteiger charge is 2.45. The van der Waals surface area contributed by atoms with Crippen LogP contribution in [-0.4, -0.2) is 49.3 Å². The Morgan fingerprint density at radius 1 is 1.27 bits per heavy atom. The van der Waals surface area contributed by atoms with E-state index in [0.29, 0.717) is 26.4 Å². The fourth-order valence-corrected chi connectivity index (χ4v) is 2.31. The molecule has 86 valence electrons. The summed E-state index contributed by atoms with van der Waals surface area (Å²) in [6.07, 6.45) is 0.908. The predicted molar refractivity (Wildman–Crippen MR) is 55.5 cm³/mol. The van der Waals surface area contributed by atoms with Gasteiger partial charge in [-0.05, 0) is 6.42 Å². The van der Waals surface area contributed by atoms with Crippen LogP contribution in [0.2, 0.25) is 0 Å². The number of morpholine rings is 1. The van der Waals surface area contributed by atoms with E-state index in [1.807, 2.05) is 18.7 Å². The summed E-state index contributed by atoms with van der Waals surface area (Å²) in [6.45, 7) is 7.26. The maximum absolute atomic E-state index is 12.1. The molecule has 2 rings (SSSR count). The third-order valence-electron chi connectivity index (χ3n) is 3.24. The molecular formula is C11H19NO3. The number of nitrogens with zero attached hydrogens (tertiary/aromatic N) is 1. The SMILES string of the molecule is CC(C)C(=O)N1CCOCC12CCOC2. The van der Waals surface area contributed by atoms with Crippen molar-refractivity contribution in [2.45, 2.75) is 25.8 Å². The van der Waals surface area contributed by atoms with E-state index in [0.717, 1.165) is 13.0 Å². The molecule has 2 aliphatic rings. The van der Waals surface area contributed by atoms with Gasteiger partial charge in [0.2, 0.25) is 5.91 Å². The van der Waals surface area contributed by atoms with Gasteiger partial charge in [0.25, 0.3) is 0 Å². The van der Waals surface area contributed by atoms with Gasteiger partial charge in [-0.3, -0.25) is 4.79 Å². The molecule has 1 amide bonds. The fraction of sp³-hybridized carbons (Fsp3) is 0.909. The van der Waals surface area contributed by atoms with Crippen molar-refractivity contribution in [3.63, 3.8) is 0 Å². The molecule has 0 radical (unpaired) electrons. The quantitative estimate of drug-likeness (QED) is 0.642. The van der Waals surface area contributed by atoms with Crippen molar-refractivity contribution in [3.05, 3.63) is 0 Å². The van der Waals surface area contributed by atoms with Crippen molar-refractivity contribution in [1.82, 2.24) is 4.90 Å². The topological polar surface area (TPSA) is 38.8 Å². The molecule has 0 aromatic rings. The highest BCUT2D eigenvalue weighted by atomic mass is 16.5. The first-order chi connectivity index (χ1) is 7.16. The lowest BCUT2D eigenvalue weighted by molar-refractivity contribution is -0.152. The van der Waals surface area contributed by atoms with E-state index in [-0.39, 0.29) is 17.4 Å². The van der Waals surface area contributed by atoms with E-state index >= 15 is 0 Å². The predicted octanol–water partition coefficient (Wildman–Crippen LogP) is 0.660. The van der Waals surface area contributed by atoms with Crippen molar-refractivity contribution < 1.29 is 14.3 Å². The van der Waals surface area contributed by atoms with Gasteiger partial charge in [-0.25, -0.2) is 0 Å². The zero-order valence-electron chi connectivity index (χ0n) is 9.49. The van der Waals surface area contributed by atoms with Crippen molar-refractivity contribution in [2.24, 2.45) is 5.92 Å². The third-order valence-corrected chi connectivity index (χ3v) is 3.24. The van der Waals surface area contributed by atoms with Crippen LogP contribution in [-0.2, 0) is 14.3 Å². The van der Waals surface area contributed by atoms with Crippen molar-refractivity contribution in [3.8, 4) is 0 Å². The first-order valence-corrected chi connectivity index (χ1v) is 5.63. The number of hydrogen-bond acceptors (Lipinski definition) is 3. The lowest BCUT2D eigenvalue weighted by Crippen LogP contribution is -2.60. The fourth-order valence-electron chi connectivity index (χ4n) is 2.31. The first-order valence-electron chi connectivity index (χ1n) is 5.63. The lowest BCUT2D eigenvalue weighted by Gasteiger charge is -2.44. The Balaban J connectivity index is 2.15. The Bertz CT molecular complexity index is 246. The number of rotatable bonds is 1. The monoisotopic (exact) mass is 213 g/mol. The largest absolute Gasteiger partial charge is 0.379 e. The minimum Gasteiger partial charge on any atom is -0.379 e. The van der Waals surface area contributed by atoms with E-state index in [1.165, 1.54) is 0 Å². The highest BCUT2D eigenvalue weighted by Crippen LogP contribution is 2.30. The third kappa shape index (κ3) is 1.88. The molecule has 4 nitrogen and oxygen atoms in total. The molecule has 0 aromatic carbocycles. The number of ether oxygens (including phenoxy) is 2. The van der Waals surface area contributed by atoms with Crippen LogP contribution in [0.1, 0.15) is 20.3 Å². The molecule has 4 heteroatoms. The molecule has 2 fully saturated rings. The molecule has 1 spiro atoms. The highest BCUT2D eigenvalue weighted by molar-refractivity contribution is 5.79. The summed E-state index contributed by atoms with van der Waals surface area (Å²) in [5.74, 6) is 0.282. The van der Waals surface area contributed by atoms with Gasteiger partial charge < -0.3 is 14.4 Å². The molecule has 0 aromatic heterocycles. The Labute approximate surface area is 90.5 Å². The van der Waals surface area contributed by atoms with E-state index in [2.05, 4.69) is 0 Å². The number of hydrogen-bond donors (Lipinski definition) is 0. The first kappa shape index (κ1) is 10.9. The van der Waals surface area contributed by atoms with Gasteiger partial charge >= 0.3 is 0 Å². The molecular weight excluding hydrogens is 194 g/mol. The zero-order valence-corrected chi connectivity index (χ0v) is 9.49. The van der Waals surface area contributed by atoms with Crippen LogP contribution < -0.4 is 0 Å². The standard InChI is InChI=1S/C11H19NO3/c1-9(2)10(13)12-4-6-15-8-11(12)3-5-14-7-11/h9H,3-8H2,1-2H3. The Morgan fingerprint density at radius 3 is 2.53 bits per heavy atom. The van der Waals surface area contributed by atoms with Crippen molar-refractivity contribution in [1.29, 1.82) is 0 Å². The number of carbonyl (C=O) groups excluding carboxylic acids is 1. The van der Waals surface area contributed by atoms with Crippen LogP contribution in [0.4, 0.5) is 0 Å². The van der Waals surface area contributed by atoms with E-state index in [9.17, 15) is 4.79 Å². The van der Waals surface area contributed by atoms with Gasteiger partial charge in [0, 0.05) is 19.1 Å². The smallest absolute Gasteiger partial charge is 0.225 e. The molecule has 15 heavy (non-hydrogen) atoms. The van der Waals surface area contributed by atoms with Gasteiger partial charge in [-0.1, -0.05) is 13.8 Å². The molecule has 2 heterocycles. The molecule has 0 bridgehead atoms. The normalized spacial score (nSPS) is 31.5. The second-order valence-electron chi connectivity index (χ2n) is 4.72. The minimum absolute atomic E-state index is 0.0561. The van der Waals surface area contributed by atoms with Gasteiger partial charge in [0.05, 0.1) is 25.4 Å². The molecule has 2 aliphatic heterocycles. The molecule has 0 N–H and O–H groups in total. The average molecular weight is 213 g/mol. The molecule has 0 saturated carbocycles. The summed E-state index contributed by atoms with van der Waals surface area (Å²) in [5.41, 5.74) is -0.167. The van der Waals surface area contributed by atoms with Gasteiger partial charge in [-0.2, -0.15) is 0 Å². The van der Waals surface area contributed by atoms with E-state index in [1.54, 1.807) is 0 Å². The summed E-state index contributed by atoms with van der Waals surface area (Å²) in [6, 6.07) is 0. The van der Waals surface area contributed by atoms with Gasteiger partial charge in [0.1, 0.15) is 0 Å². The molecule has 1 unspecified atom stereocenters. The zero-order chi connectivity index (χ0) is 10.9.